The maximum Gasteiger partial charge on any atom is 0.416 e. The Balaban J connectivity index is 1.62. The van der Waals surface area contributed by atoms with Crippen molar-refractivity contribution in [2.24, 2.45) is 13.0 Å². The van der Waals surface area contributed by atoms with Crippen LogP contribution in [0.4, 0.5) is 13.2 Å². The first-order valence-electron chi connectivity index (χ1n) is 11.5. The van der Waals surface area contributed by atoms with Crippen molar-refractivity contribution < 1.29 is 28.2 Å². The molecular formula is C25H26Cl2F3N3O3. The van der Waals surface area contributed by atoms with Gasteiger partial charge < -0.3 is 14.8 Å². The molecule has 1 atom stereocenters. The lowest BCUT2D eigenvalue weighted by atomic mass is 9.93. The molecule has 2 N–H and O–H groups in total. The van der Waals surface area contributed by atoms with E-state index in [-0.39, 0.29) is 23.8 Å². The van der Waals surface area contributed by atoms with Gasteiger partial charge in [0.25, 0.3) is 0 Å². The third-order valence-corrected chi connectivity index (χ3v) is 7.68. The lowest BCUT2D eigenvalue weighted by molar-refractivity contribution is -0.139. The SMILES string of the molecule is Cc1cc(C(F)(F)F)cc2c1nc(Cc1c(Cl)ccc(C(O)N3CCC(CC(=O)O)CC3)c1Cl)n2C. The number of likely N-dealkylation sites (tertiary alicyclic amines) is 1. The van der Waals surface area contributed by atoms with Gasteiger partial charge in [0, 0.05) is 43.6 Å². The average molecular weight is 544 g/mol. The molecule has 1 aliphatic heterocycles. The Labute approximate surface area is 216 Å². The monoisotopic (exact) mass is 543 g/mol. The third kappa shape index (κ3) is 5.34. The number of rotatable bonds is 6. The highest BCUT2D eigenvalue weighted by Gasteiger charge is 2.32. The van der Waals surface area contributed by atoms with Crippen LogP contribution in [-0.2, 0) is 24.4 Å². The summed E-state index contributed by atoms with van der Waals surface area (Å²) in [6.45, 7) is 2.64. The molecule has 1 aliphatic rings. The molecule has 1 saturated heterocycles. The van der Waals surface area contributed by atoms with Gasteiger partial charge in [-0.3, -0.25) is 9.69 Å². The number of aliphatic hydroxyl groups is 1. The number of hydrogen-bond acceptors (Lipinski definition) is 4. The van der Waals surface area contributed by atoms with Crippen molar-refractivity contribution in [3.05, 3.63) is 62.4 Å². The Hall–Kier alpha value is -2.33. The summed E-state index contributed by atoms with van der Waals surface area (Å²) in [7, 11) is 1.64. The van der Waals surface area contributed by atoms with Gasteiger partial charge in [0.2, 0.25) is 0 Å². The Kier molecular flexibility index (Phi) is 7.57. The summed E-state index contributed by atoms with van der Waals surface area (Å²) < 4.78 is 41.6. The maximum atomic E-state index is 13.3. The Morgan fingerprint density at radius 3 is 2.50 bits per heavy atom. The standard InChI is InChI=1S/C25H26Cl2F3N3O3/c1-13-9-15(25(28,29)30)11-19-23(13)31-20(32(19)2)12-17-18(26)4-3-16(22(17)27)24(36)33-7-5-14(6-8-33)10-21(34)35/h3-4,9,11,14,24,36H,5-8,10,12H2,1-2H3,(H,34,35). The number of carboxylic acids is 1. The molecule has 36 heavy (non-hydrogen) atoms. The van der Waals surface area contributed by atoms with Crippen LogP contribution in [0.1, 0.15) is 53.6 Å². The second-order valence-electron chi connectivity index (χ2n) is 9.30. The largest absolute Gasteiger partial charge is 0.481 e. The van der Waals surface area contributed by atoms with E-state index in [1.807, 2.05) is 4.90 Å². The van der Waals surface area contributed by atoms with E-state index in [9.17, 15) is 23.1 Å². The quantitative estimate of drug-likeness (QED) is 0.400. The molecule has 0 saturated carbocycles. The van der Waals surface area contributed by atoms with Crippen LogP contribution in [0.3, 0.4) is 0 Å². The smallest absolute Gasteiger partial charge is 0.416 e. The number of benzene rings is 2. The summed E-state index contributed by atoms with van der Waals surface area (Å²) in [6, 6.07) is 5.44. The van der Waals surface area contributed by atoms with Gasteiger partial charge in [0.05, 0.1) is 21.6 Å². The maximum absolute atomic E-state index is 13.3. The van der Waals surface area contributed by atoms with E-state index in [1.54, 1.807) is 30.7 Å². The molecule has 0 spiro atoms. The lowest BCUT2D eigenvalue weighted by Crippen LogP contribution is -2.37. The first-order valence-corrected chi connectivity index (χ1v) is 12.3. The highest BCUT2D eigenvalue weighted by molar-refractivity contribution is 6.36. The molecule has 0 amide bonds. The highest BCUT2D eigenvalue weighted by Crippen LogP contribution is 2.37. The molecule has 3 aromatic rings. The third-order valence-electron chi connectivity index (χ3n) is 6.88. The number of hydrogen-bond donors (Lipinski definition) is 2. The van der Waals surface area contributed by atoms with Gasteiger partial charge in [-0.25, -0.2) is 4.98 Å². The summed E-state index contributed by atoms with van der Waals surface area (Å²) in [5, 5.41) is 20.7. The summed E-state index contributed by atoms with van der Waals surface area (Å²) in [5.41, 5.74) is 1.47. The van der Waals surface area contributed by atoms with Crippen LogP contribution in [-0.4, -0.2) is 43.7 Å². The van der Waals surface area contributed by atoms with Gasteiger partial charge in [-0.1, -0.05) is 29.3 Å². The zero-order valence-corrected chi connectivity index (χ0v) is 21.3. The molecule has 2 aromatic carbocycles. The highest BCUT2D eigenvalue weighted by atomic mass is 35.5. The fraction of sp³-hybridized carbons (Fsp3) is 0.440. The number of aliphatic hydroxyl groups excluding tert-OH is 1. The molecular weight excluding hydrogens is 518 g/mol. The first kappa shape index (κ1) is 26.7. The molecule has 0 bridgehead atoms. The van der Waals surface area contributed by atoms with Crippen LogP contribution in [0.2, 0.25) is 10.0 Å². The summed E-state index contributed by atoms with van der Waals surface area (Å²) in [5.74, 6) is -0.274. The van der Waals surface area contributed by atoms with Crippen molar-refractivity contribution in [3.8, 4) is 0 Å². The van der Waals surface area contributed by atoms with E-state index in [0.29, 0.717) is 64.5 Å². The molecule has 11 heteroatoms. The number of halogens is 5. The predicted octanol–water partition coefficient (Wildman–Crippen LogP) is 5.98. The number of carbonyl (C=O) groups is 1. The van der Waals surface area contributed by atoms with Crippen LogP contribution in [0, 0.1) is 12.8 Å². The van der Waals surface area contributed by atoms with Gasteiger partial charge >= 0.3 is 12.1 Å². The Bertz CT molecular complexity index is 1300. The minimum Gasteiger partial charge on any atom is -0.481 e. The molecule has 4 rings (SSSR count). The number of fused-ring (bicyclic) bond motifs is 1. The van der Waals surface area contributed by atoms with Crippen LogP contribution in [0.5, 0.6) is 0 Å². The second-order valence-corrected chi connectivity index (χ2v) is 10.1. The van der Waals surface area contributed by atoms with E-state index in [2.05, 4.69) is 4.98 Å². The van der Waals surface area contributed by atoms with Crippen molar-refractivity contribution in [1.29, 1.82) is 0 Å². The van der Waals surface area contributed by atoms with Gasteiger partial charge in [-0.2, -0.15) is 13.2 Å². The topological polar surface area (TPSA) is 78.6 Å². The van der Waals surface area contributed by atoms with Crippen LogP contribution in [0.25, 0.3) is 11.0 Å². The van der Waals surface area contributed by atoms with E-state index < -0.39 is 23.9 Å². The first-order chi connectivity index (χ1) is 16.9. The molecule has 1 unspecified atom stereocenters. The zero-order chi connectivity index (χ0) is 26.4. The number of alkyl halides is 3. The van der Waals surface area contributed by atoms with E-state index in [4.69, 9.17) is 28.3 Å². The minimum absolute atomic E-state index is 0.0704. The van der Waals surface area contributed by atoms with E-state index >= 15 is 0 Å². The molecule has 2 heterocycles. The van der Waals surface area contributed by atoms with Crippen LogP contribution in [0.15, 0.2) is 24.3 Å². The number of nitrogens with zero attached hydrogens (tertiary/aromatic N) is 3. The molecule has 1 fully saturated rings. The fourth-order valence-corrected chi connectivity index (χ4v) is 5.41. The second kappa shape index (κ2) is 10.2. The predicted molar refractivity (Wildman–Crippen MR) is 131 cm³/mol. The van der Waals surface area contributed by atoms with Crippen molar-refractivity contribution in [1.82, 2.24) is 14.5 Å². The Morgan fingerprint density at radius 2 is 1.89 bits per heavy atom. The van der Waals surface area contributed by atoms with E-state index in [0.717, 1.165) is 12.1 Å². The number of aromatic nitrogens is 2. The normalized spacial score (nSPS) is 16.6. The molecule has 0 radical (unpaired) electrons. The van der Waals surface area contributed by atoms with Gasteiger partial charge in [-0.05, 0) is 55.0 Å². The van der Waals surface area contributed by atoms with Crippen LogP contribution >= 0.6 is 23.2 Å². The van der Waals surface area contributed by atoms with Gasteiger partial charge in [0.1, 0.15) is 12.1 Å². The molecule has 6 nitrogen and oxygen atoms in total. The van der Waals surface area contributed by atoms with Gasteiger partial charge in [-0.15, -0.1) is 0 Å². The molecule has 1 aromatic heterocycles. The molecule has 194 valence electrons. The van der Waals surface area contributed by atoms with Crippen molar-refractivity contribution in [3.63, 3.8) is 0 Å². The summed E-state index contributed by atoms with van der Waals surface area (Å²) in [4.78, 5) is 17.4. The number of imidazole rings is 1. The fourth-order valence-electron chi connectivity index (χ4n) is 4.81. The van der Waals surface area contributed by atoms with Crippen LogP contribution < -0.4 is 0 Å². The summed E-state index contributed by atoms with van der Waals surface area (Å²) in [6.07, 6.45) is -3.90. The summed E-state index contributed by atoms with van der Waals surface area (Å²) >= 11 is 13.2. The van der Waals surface area contributed by atoms with Gasteiger partial charge in [0.15, 0.2) is 0 Å². The number of piperidine rings is 1. The number of carboxylic acid groups (broad SMARTS) is 1. The average Bonchev–Trinajstić information content (AvgIpc) is 3.12. The zero-order valence-electron chi connectivity index (χ0n) is 19.7. The number of aryl methyl sites for hydroxylation is 2. The Morgan fingerprint density at radius 1 is 1.22 bits per heavy atom. The van der Waals surface area contributed by atoms with Crippen molar-refractivity contribution in [2.45, 2.75) is 45.0 Å². The minimum atomic E-state index is -4.47. The number of aliphatic carboxylic acids is 1. The van der Waals surface area contributed by atoms with E-state index in [1.165, 1.54) is 0 Å². The molecule has 0 aliphatic carbocycles. The van der Waals surface area contributed by atoms with Crippen molar-refractivity contribution in [2.75, 3.05) is 13.1 Å². The van der Waals surface area contributed by atoms with Crippen molar-refractivity contribution >= 4 is 40.2 Å². The lowest BCUT2D eigenvalue weighted by Gasteiger charge is -2.35.